The van der Waals surface area contributed by atoms with Gasteiger partial charge in [-0.1, -0.05) is 67.2 Å². The molecule has 1 aliphatic rings. The van der Waals surface area contributed by atoms with E-state index < -0.39 is 0 Å². The summed E-state index contributed by atoms with van der Waals surface area (Å²) >= 11 is 0. The second-order valence-corrected chi connectivity index (χ2v) is 5.00. The molecule has 19 heavy (non-hydrogen) atoms. The van der Waals surface area contributed by atoms with E-state index >= 15 is 0 Å². The number of hydrogen-bond acceptors (Lipinski definition) is 0. The second kappa shape index (κ2) is 9.55. The zero-order chi connectivity index (χ0) is 13.9. The first-order chi connectivity index (χ1) is 9.26. The predicted molar refractivity (Wildman–Crippen MR) is 82.8 cm³/mol. The molecule has 0 radical (unpaired) electrons. The van der Waals surface area contributed by atoms with Gasteiger partial charge in [0.2, 0.25) is 0 Å². The van der Waals surface area contributed by atoms with Gasteiger partial charge in [0.1, 0.15) is 0 Å². The summed E-state index contributed by atoms with van der Waals surface area (Å²) in [6.07, 6.45) is 22.0. The van der Waals surface area contributed by atoms with Gasteiger partial charge in [0, 0.05) is 0 Å². The Labute approximate surface area is 117 Å². The smallest absolute Gasteiger partial charge is 0.0928 e. The van der Waals surface area contributed by atoms with Crippen LogP contribution in [-0.2, 0) is 0 Å². The van der Waals surface area contributed by atoms with Crippen LogP contribution in [0.4, 0.5) is 4.39 Å². The van der Waals surface area contributed by atoms with E-state index in [2.05, 4.69) is 55.5 Å². The van der Waals surface area contributed by atoms with Crippen molar-refractivity contribution in [1.82, 2.24) is 0 Å². The lowest BCUT2D eigenvalue weighted by molar-refractivity contribution is 0.501. The fourth-order valence-electron chi connectivity index (χ4n) is 2.11. The lowest BCUT2D eigenvalue weighted by atomic mass is 9.94. The zero-order valence-electron chi connectivity index (χ0n) is 12.1. The van der Waals surface area contributed by atoms with Crippen molar-refractivity contribution in [1.29, 1.82) is 0 Å². The Hall–Kier alpha value is -1.37. The Morgan fingerprint density at radius 1 is 1.26 bits per heavy atom. The molecule has 2 atom stereocenters. The number of alkyl halides is 1. The fraction of sp³-hybridized carbons (Fsp3) is 0.444. The molecule has 2 unspecified atom stereocenters. The highest BCUT2D eigenvalue weighted by Gasteiger charge is 2.05. The molecule has 1 aliphatic carbocycles. The average molecular weight is 260 g/mol. The first-order valence-corrected chi connectivity index (χ1v) is 7.15. The SMILES string of the molecule is C/C=C(\C=C/CCF)CC1C=CC=CC(C)/C=C\C1. The summed E-state index contributed by atoms with van der Waals surface area (Å²) in [6.45, 7) is 3.96. The van der Waals surface area contributed by atoms with Crippen LogP contribution in [0, 0.1) is 11.8 Å². The standard InChI is InChI=1S/C18H25F/c1-3-17(11-6-7-14-19)15-18-12-5-4-9-16(2)10-8-13-18/h3-6,8-12,16,18H,7,13-15H2,1-2H3/b9-4?,10-8-,11-6-,12-5?,17-3+. The highest BCUT2D eigenvalue weighted by molar-refractivity contribution is 5.21. The molecule has 0 heterocycles. The Morgan fingerprint density at radius 3 is 2.79 bits per heavy atom. The molecular formula is C18H25F. The maximum absolute atomic E-state index is 12.1. The first kappa shape index (κ1) is 15.7. The van der Waals surface area contributed by atoms with E-state index in [-0.39, 0.29) is 6.67 Å². The van der Waals surface area contributed by atoms with Crippen LogP contribution in [0.5, 0.6) is 0 Å². The molecule has 0 aromatic rings. The Kier molecular flexibility index (Phi) is 7.88. The summed E-state index contributed by atoms with van der Waals surface area (Å²) in [7, 11) is 0. The molecule has 0 aromatic carbocycles. The van der Waals surface area contributed by atoms with E-state index in [1.54, 1.807) is 0 Å². The van der Waals surface area contributed by atoms with Crippen molar-refractivity contribution in [2.75, 3.05) is 6.67 Å². The van der Waals surface area contributed by atoms with Crippen molar-refractivity contribution in [3.63, 3.8) is 0 Å². The summed E-state index contributed by atoms with van der Waals surface area (Å²) in [5.74, 6) is 1.03. The minimum Gasteiger partial charge on any atom is -0.251 e. The van der Waals surface area contributed by atoms with E-state index in [0.717, 1.165) is 12.8 Å². The molecule has 0 aromatic heterocycles. The van der Waals surface area contributed by atoms with Gasteiger partial charge in [-0.05, 0) is 38.0 Å². The van der Waals surface area contributed by atoms with E-state index in [4.69, 9.17) is 0 Å². The van der Waals surface area contributed by atoms with Crippen LogP contribution in [0.25, 0.3) is 0 Å². The zero-order valence-corrected chi connectivity index (χ0v) is 12.1. The van der Waals surface area contributed by atoms with E-state index in [0.29, 0.717) is 18.3 Å². The van der Waals surface area contributed by atoms with Crippen molar-refractivity contribution >= 4 is 0 Å². The monoisotopic (exact) mass is 260 g/mol. The van der Waals surface area contributed by atoms with Gasteiger partial charge in [0.15, 0.2) is 0 Å². The average Bonchev–Trinajstić information content (AvgIpc) is 2.50. The lowest BCUT2D eigenvalue weighted by Crippen LogP contribution is -1.96. The van der Waals surface area contributed by atoms with Crippen LogP contribution < -0.4 is 0 Å². The summed E-state index contributed by atoms with van der Waals surface area (Å²) < 4.78 is 12.1. The van der Waals surface area contributed by atoms with Gasteiger partial charge in [0.05, 0.1) is 6.67 Å². The van der Waals surface area contributed by atoms with Crippen molar-refractivity contribution in [3.8, 4) is 0 Å². The van der Waals surface area contributed by atoms with Crippen molar-refractivity contribution in [2.24, 2.45) is 11.8 Å². The van der Waals surface area contributed by atoms with Crippen LogP contribution in [0.3, 0.4) is 0 Å². The predicted octanol–water partition coefficient (Wildman–Crippen LogP) is 5.56. The first-order valence-electron chi connectivity index (χ1n) is 7.15. The molecule has 0 nitrogen and oxygen atoms in total. The highest BCUT2D eigenvalue weighted by Crippen LogP contribution is 2.20. The summed E-state index contributed by atoms with van der Waals surface area (Å²) in [5, 5.41) is 0. The molecule has 0 saturated heterocycles. The minimum atomic E-state index is -0.276. The van der Waals surface area contributed by atoms with Crippen molar-refractivity contribution in [2.45, 2.75) is 33.1 Å². The van der Waals surface area contributed by atoms with Gasteiger partial charge in [-0.15, -0.1) is 0 Å². The topological polar surface area (TPSA) is 0 Å². The molecular weight excluding hydrogens is 235 g/mol. The molecule has 0 bridgehead atoms. The Bertz CT molecular complexity index is 382. The van der Waals surface area contributed by atoms with Crippen LogP contribution in [0.2, 0.25) is 0 Å². The largest absolute Gasteiger partial charge is 0.251 e. The van der Waals surface area contributed by atoms with Gasteiger partial charge >= 0.3 is 0 Å². The third-order valence-electron chi connectivity index (χ3n) is 3.26. The quantitative estimate of drug-likeness (QED) is 0.448. The third kappa shape index (κ3) is 6.95. The summed E-state index contributed by atoms with van der Waals surface area (Å²) in [4.78, 5) is 0. The van der Waals surface area contributed by atoms with Gasteiger partial charge in [-0.3, -0.25) is 4.39 Å². The third-order valence-corrected chi connectivity index (χ3v) is 3.26. The van der Waals surface area contributed by atoms with Gasteiger partial charge in [-0.2, -0.15) is 0 Å². The summed E-state index contributed by atoms with van der Waals surface area (Å²) in [5.41, 5.74) is 1.28. The van der Waals surface area contributed by atoms with Gasteiger partial charge in [0.25, 0.3) is 0 Å². The lowest BCUT2D eigenvalue weighted by Gasteiger charge is -2.11. The minimum absolute atomic E-state index is 0.276. The Balaban J connectivity index is 2.61. The molecule has 1 heteroatoms. The molecule has 0 fully saturated rings. The van der Waals surface area contributed by atoms with Crippen LogP contribution in [0.1, 0.15) is 33.1 Å². The van der Waals surface area contributed by atoms with Crippen LogP contribution in [-0.4, -0.2) is 6.67 Å². The number of halogens is 1. The van der Waals surface area contributed by atoms with E-state index in [9.17, 15) is 4.39 Å². The molecule has 104 valence electrons. The molecule has 0 amide bonds. The second-order valence-electron chi connectivity index (χ2n) is 5.00. The van der Waals surface area contributed by atoms with E-state index in [1.807, 2.05) is 13.0 Å². The molecule has 0 aliphatic heterocycles. The highest BCUT2D eigenvalue weighted by atomic mass is 19.1. The van der Waals surface area contributed by atoms with Gasteiger partial charge in [-0.25, -0.2) is 0 Å². The molecule has 0 saturated carbocycles. The molecule has 1 rings (SSSR count). The van der Waals surface area contributed by atoms with Crippen molar-refractivity contribution in [3.05, 3.63) is 60.3 Å². The fourth-order valence-corrected chi connectivity index (χ4v) is 2.11. The molecule has 0 N–H and O–H groups in total. The maximum Gasteiger partial charge on any atom is 0.0928 e. The maximum atomic E-state index is 12.1. The van der Waals surface area contributed by atoms with Crippen LogP contribution >= 0.6 is 0 Å². The van der Waals surface area contributed by atoms with Gasteiger partial charge < -0.3 is 0 Å². The number of hydrogen-bond donors (Lipinski definition) is 0. The van der Waals surface area contributed by atoms with E-state index in [1.165, 1.54) is 5.57 Å². The molecule has 0 spiro atoms. The number of allylic oxidation sites excluding steroid dienone is 10. The number of rotatable bonds is 5. The Morgan fingerprint density at radius 2 is 2.05 bits per heavy atom. The summed E-state index contributed by atoms with van der Waals surface area (Å²) in [6, 6.07) is 0. The normalized spacial score (nSPS) is 26.2. The van der Waals surface area contributed by atoms with Crippen molar-refractivity contribution < 1.29 is 4.39 Å². The van der Waals surface area contributed by atoms with Crippen LogP contribution in [0.15, 0.2) is 60.3 Å².